The molecular weight excluding hydrogens is 781 g/mol. The molecule has 4 aliphatic rings. The van der Waals surface area contributed by atoms with Crippen molar-refractivity contribution in [3.8, 4) is 0 Å². The molecule has 12 heteroatoms. The molecule has 0 spiro atoms. The fourth-order valence-corrected chi connectivity index (χ4v) is 11.8. The zero-order chi connectivity index (χ0) is 44.6. The van der Waals surface area contributed by atoms with Gasteiger partial charge >= 0.3 is 30.0 Å². The first kappa shape index (κ1) is 50.5. The molecule has 61 heavy (non-hydrogen) atoms. The number of hydrogen-bond donors (Lipinski definition) is 0. The summed E-state index contributed by atoms with van der Waals surface area (Å²) >= 11 is 0. The van der Waals surface area contributed by atoms with E-state index in [0.29, 0.717) is 42.3 Å². The summed E-state index contributed by atoms with van der Waals surface area (Å²) in [6.07, 6.45) is 16.0. The normalized spacial score (nSPS) is 28.9. The molecule has 0 aromatic carbocycles. The minimum absolute atomic E-state index is 0.130. The Kier molecular flexibility index (Phi) is 20.4. The maximum atomic E-state index is 13.0. The SMILES string of the molecule is CCCCCCCC(=O)OCC(COC(=O)CCCCCCC)OC(=O)CC(C)CC(=O)OC(C)OC(=O)O[C@@H]1CC[C@@]2(C)C(CC[C@@H]3C2CC[C@@]2(C)C3CC[C@@H]2C(C)=O)C1. The van der Waals surface area contributed by atoms with Gasteiger partial charge in [-0.1, -0.05) is 86.0 Å². The van der Waals surface area contributed by atoms with Crippen molar-refractivity contribution in [1.29, 1.82) is 0 Å². The molecular formula is C49H80O12. The van der Waals surface area contributed by atoms with E-state index in [1.165, 1.54) is 13.3 Å². The third-order valence-electron chi connectivity index (χ3n) is 15.1. The summed E-state index contributed by atoms with van der Waals surface area (Å²) in [6.45, 7) is 13.5. The fourth-order valence-electron chi connectivity index (χ4n) is 11.8. The van der Waals surface area contributed by atoms with Crippen molar-refractivity contribution in [3.63, 3.8) is 0 Å². The molecule has 5 unspecified atom stereocenters. The summed E-state index contributed by atoms with van der Waals surface area (Å²) in [6, 6.07) is 0. The maximum Gasteiger partial charge on any atom is 0.511 e. The van der Waals surface area contributed by atoms with E-state index in [0.717, 1.165) is 103 Å². The number of hydrogen-bond acceptors (Lipinski definition) is 12. The van der Waals surface area contributed by atoms with Crippen molar-refractivity contribution in [2.45, 2.75) is 215 Å². The third-order valence-corrected chi connectivity index (χ3v) is 15.1. The van der Waals surface area contributed by atoms with Gasteiger partial charge in [0.2, 0.25) is 6.29 Å². The number of carbonyl (C=O) groups excluding carboxylic acids is 6. The van der Waals surface area contributed by atoms with Crippen LogP contribution in [0.3, 0.4) is 0 Å². The highest BCUT2D eigenvalue weighted by Crippen LogP contribution is 2.67. The molecule has 12 nitrogen and oxygen atoms in total. The molecule has 0 radical (unpaired) electrons. The highest BCUT2D eigenvalue weighted by Gasteiger charge is 2.61. The second kappa shape index (κ2) is 24.6. The Morgan fingerprint density at radius 2 is 1.16 bits per heavy atom. The van der Waals surface area contributed by atoms with Crippen molar-refractivity contribution in [2.24, 2.45) is 46.3 Å². The van der Waals surface area contributed by atoms with Crippen LogP contribution in [0.15, 0.2) is 0 Å². The average Bonchev–Trinajstić information content (AvgIpc) is 3.56. The van der Waals surface area contributed by atoms with E-state index >= 15 is 0 Å². The van der Waals surface area contributed by atoms with Gasteiger partial charge in [0, 0.05) is 38.5 Å². The van der Waals surface area contributed by atoms with Gasteiger partial charge in [0.05, 0.1) is 0 Å². The molecule has 348 valence electrons. The van der Waals surface area contributed by atoms with Crippen LogP contribution in [-0.4, -0.2) is 67.5 Å². The van der Waals surface area contributed by atoms with Crippen LogP contribution in [0.25, 0.3) is 0 Å². The quantitative estimate of drug-likeness (QED) is 0.0371. The number of Topliss-reactive ketones (excluding diaryl/α,β-unsaturated/α-hetero) is 1. The Morgan fingerprint density at radius 1 is 0.607 bits per heavy atom. The van der Waals surface area contributed by atoms with Gasteiger partial charge in [-0.3, -0.25) is 24.0 Å². The molecule has 0 aromatic heterocycles. The van der Waals surface area contributed by atoms with Crippen molar-refractivity contribution in [2.75, 3.05) is 13.2 Å². The van der Waals surface area contributed by atoms with E-state index < -0.39 is 48.3 Å². The molecule has 0 saturated heterocycles. The first-order valence-corrected chi connectivity index (χ1v) is 24.2. The summed E-state index contributed by atoms with van der Waals surface area (Å²) in [7, 11) is 0. The van der Waals surface area contributed by atoms with Gasteiger partial charge in [0.1, 0.15) is 25.1 Å². The molecule has 4 saturated carbocycles. The highest BCUT2D eigenvalue weighted by molar-refractivity contribution is 5.79. The monoisotopic (exact) mass is 861 g/mol. The number of ketones is 1. The number of fused-ring (bicyclic) bond motifs is 5. The summed E-state index contributed by atoms with van der Waals surface area (Å²) in [5.74, 6) is 0.345. The van der Waals surface area contributed by atoms with Crippen LogP contribution in [0, 0.1) is 46.3 Å². The number of ether oxygens (including phenoxy) is 6. The Morgan fingerprint density at radius 3 is 1.75 bits per heavy atom. The molecule has 0 N–H and O–H groups in total. The van der Waals surface area contributed by atoms with Crippen LogP contribution >= 0.6 is 0 Å². The molecule has 10 atom stereocenters. The fraction of sp³-hybridized carbons (Fsp3) is 0.878. The van der Waals surface area contributed by atoms with Crippen molar-refractivity contribution in [1.82, 2.24) is 0 Å². The highest BCUT2D eigenvalue weighted by atomic mass is 16.8. The van der Waals surface area contributed by atoms with Gasteiger partial charge in [0.25, 0.3) is 0 Å². The molecule has 4 fully saturated rings. The van der Waals surface area contributed by atoms with E-state index in [1.807, 2.05) is 0 Å². The lowest BCUT2D eigenvalue weighted by Crippen LogP contribution is -2.54. The zero-order valence-electron chi connectivity index (χ0n) is 38.8. The molecule has 0 aromatic rings. The van der Waals surface area contributed by atoms with E-state index in [2.05, 4.69) is 27.7 Å². The van der Waals surface area contributed by atoms with E-state index in [1.54, 1.807) is 13.8 Å². The van der Waals surface area contributed by atoms with Crippen LogP contribution < -0.4 is 0 Å². The first-order valence-electron chi connectivity index (χ1n) is 24.2. The lowest BCUT2D eigenvalue weighted by Gasteiger charge is -2.61. The Labute approximate surface area is 366 Å². The van der Waals surface area contributed by atoms with Gasteiger partial charge in [-0.05, 0) is 118 Å². The van der Waals surface area contributed by atoms with Gasteiger partial charge in [-0.25, -0.2) is 4.79 Å². The topological polar surface area (TPSA) is 158 Å². The predicted molar refractivity (Wildman–Crippen MR) is 230 cm³/mol. The average molecular weight is 861 g/mol. The predicted octanol–water partition coefficient (Wildman–Crippen LogP) is 10.8. The summed E-state index contributed by atoms with van der Waals surface area (Å²) < 4.78 is 32.9. The first-order chi connectivity index (χ1) is 29.1. The van der Waals surface area contributed by atoms with Crippen molar-refractivity contribution < 1.29 is 57.2 Å². The summed E-state index contributed by atoms with van der Waals surface area (Å²) in [4.78, 5) is 75.9. The number of unbranched alkanes of at least 4 members (excludes halogenated alkanes) is 8. The second-order valence-corrected chi connectivity index (χ2v) is 19.7. The lowest BCUT2D eigenvalue weighted by molar-refractivity contribution is -0.173. The second-order valence-electron chi connectivity index (χ2n) is 19.7. The minimum atomic E-state index is -1.18. The van der Waals surface area contributed by atoms with Crippen molar-refractivity contribution >= 4 is 35.8 Å². The van der Waals surface area contributed by atoms with Crippen LogP contribution in [0.1, 0.15) is 196 Å². The molecule has 0 bridgehead atoms. The van der Waals surface area contributed by atoms with Crippen LogP contribution in [0.4, 0.5) is 4.79 Å². The molecule has 0 aliphatic heterocycles. The number of rotatable bonds is 25. The molecule has 0 heterocycles. The lowest BCUT2D eigenvalue weighted by atomic mass is 9.44. The molecule has 0 amide bonds. The van der Waals surface area contributed by atoms with E-state index in [9.17, 15) is 28.8 Å². The maximum absolute atomic E-state index is 13.0. The smallest absolute Gasteiger partial charge is 0.462 e. The number of esters is 4. The zero-order valence-corrected chi connectivity index (χ0v) is 38.8. The number of carbonyl (C=O) groups is 6. The minimum Gasteiger partial charge on any atom is -0.462 e. The largest absolute Gasteiger partial charge is 0.511 e. The van der Waals surface area contributed by atoms with Crippen LogP contribution in [-0.2, 0) is 52.4 Å². The van der Waals surface area contributed by atoms with Gasteiger partial charge < -0.3 is 28.4 Å². The van der Waals surface area contributed by atoms with Crippen LogP contribution in [0.2, 0.25) is 0 Å². The molecule has 4 aliphatic carbocycles. The summed E-state index contributed by atoms with van der Waals surface area (Å²) in [5.41, 5.74) is 0.320. The Bertz CT molecular complexity index is 1420. The van der Waals surface area contributed by atoms with Crippen molar-refractivity contribution in [3.05, 3.63) is 0 Å². The van der Waals surface area contributed by atoms with Gasteiger partial charge in [-0.15, -0.1) is 0 Å². The third kappa shape index (κ3) is 15.0. The standard InChI is InChI=1S/C49H80O12/c1-8-10-12-14-16-18-43(51)56-31-38(32-57-44(52)19-17-15-13-11-9-2)60-46(54)29-33(3)28-45(53)58-35(5)59-47(55)61-37-24-26-48(6)36(30-37)20-21-39-41-23-22-40(34(4)50)49(41,7)27-25-42(39)48/h33,35-42H,8-32H2,1-7H3/t33?,35?,36?,37-,39+,40-,41?,42?,48+,49-/m1/s1. The van der Waals surface area contributed by atoms with E-state index in [-0.39, 0.29) is 61.7 Å². The van der Waals surface area contributed by atoms with Gasteiger partial charge in [0.15, 0.2) is 6.10 Å². The summed E-state index contributed by atoms with van der Waals surface area (Å²) in [5, 5.41) is 0. The van der Waals surface area contributed by atoms with E-state index in [4.69, 9.17) is 28.4 Å². The van der Waals surface area contributed by atoms with Crippen LogP contribution in [0.5, 0.6) is 0 Å². The Hall–Kier alpha value is -3.18. The Balaban J connectivity index is 1.17. The van der Waals surface area contributed by atoms with Gasteiger partial charge in [-0.2, -0.15) is 0 Å². The molecule has 4 rings (SSSR count).